The molecular formula is C21H14ClN3O3. The molecule has 0 aliphatic rings. The number of nitrogens with one attached hydrogen (secondary N) is 1. The number of para-hydroxylation sites is 3. The standard InChI is InChI=1S/C21H14ClN3O3/c22-15-5-1-3-7-18(15)27-19-8-4-2-6-16(19)24-21(26)17-13-20(28-25-17)14-9-11-23-12-10-14/h1-13H,(H,24,26). The second-order valence-corrected chi connectivity index (χ2v) is 6.20. The summed E-state index contributed by atoms with van der Waals surface area (Å²) in [5.41, 5.74) is 1.42. The minimum absolute atomic E-state index is 0.152. The molecule has 2 aromatic heterocycles. The van der Waals surface area contributed by atoms with Gasteiger partial charge in [0.15, 0.2) is 17.2 Å². The normalized spacial score (nSPS) is 10.5. The summed E-state index contributed by atoms with van der Waals surface area (Å²) in [6.45, 7) is 0. The van der Waals surface area contributed by atoms with Crippen LogP contribution in [0.4, 0.5) is 5.69 Å². The molecule has 138 valence electrons. The first kappa shape index (κ1) is 17.8. The molecule has 0 saturated heterocycles. The Morgan fingerprint density at radius 3 is 2.46 bits per heavy atom. The van der Waals surface area contributed by atoms with Crippen molar-refractivity contribution in [2.24, 2.45) is 0 Å². The fourth-order valence-corrected chi connectivity index (χ4v) is 2.70. The van der Waals surface area contributed by atoms with Crippen LogP contribution in [0.3, 0.4) is 0 Å². The van der Waals surface area contributed by atoms with Crippen LogP contribution in [0.1, 0.15) is 10.5 Å². The Kier molecular flexibility index (Phi) is 5.03. The van der Waals surface area contributed by atoms with Crippen LogP contribution in [0.2, 0.25) is 5.02 Å². The Morgan fingerprint density at radius 1 is 0.964 bits per heavy atom. The molecule has 7 heteroatoms. The second-order valence-electron chi connectivity index (χ2n) is 5.80. The van der Waals surface area contributed by atoms with E-state index >= 15 is 0 Å². The summed E-state index contributed by atoms with van der Waals surface area (Å²) in [6.07, 6.45) is 3.28. The van der Waals surface area contributed by atoms with E-state index in [9.17, 15) is 4.79 Å². The van der Waals surface area contributed by atoms with E-state index in [-0.39, 0.29) is 5.69 Å². The molecule has 0 fully saturated rings. The van der Waals surface area contributed by atoms with Crippen molar-refractivity contribution in [3.8, 4) is 22.8 Å². The molecular weight excluding hydrogens is 378 g/mol. The third kappa shape index (κ3) is 3.87. The summed E-state index contributed by atoms with van der Waals surface area (Å²) >= 11 is 6.15. The van der Waals surface area contributed by atoms with Crippen molar-refractivity contribution in [3.63, 3.8) is 0 Å². The molecule has 4 rings (SSSR count). The number of nitrogens with zero attached hydrogens (tertiary/aromatic N) is 2. The first-order chi connectivity index (χ1) is 13.7. The number of rotatable bonds is 5. The highest BCUT2D eigenvalue weighted by Crippen LogP contribution is 2.33. The molecule has 4 aromatic rings. The number of ether oxygens (including phenoxy) is 1. The number of aromatic nitrogens is 2. The fraction of sp³-hybridized carbons (Fsp3) is 0. The number of hydrogen-bond acceptors (Lipinski definition) is 5. The summed E-state index contributed by atoms with van der Waals surface area (Å²) < 4.78 is 11.1. The Labute approximate surface area is 165 Å². The van der Waals surface area contributed by atoms with E-state index in [0.717, 1.165) is 5.56 Å². The Morgan fingerprint density at radius 2 is 1.68 bits per heavy atom. The average molecular weight is 392 g/mol. The molecule has 2 heterocycles. The van der Waals surface area contributed by atoms with Crippen LogP contribution in [0, 0.1) is 0 Å². The predicted molar refractivity (Wildman–Crippen MR) is 106 cm³/mol. The average Bonchev–Trinajstić information content (AvgIpc) is 3.22. The lowest BCUT2D eigenvalue weighted by atomic mass is 10.2. The van der Waals surface area contributed by atoms with Crippen molar-refractivity contribution in [1.29, 1.82) is 0 Å². The minimum atomic E-state index is -0.417. The summed E-state index contributed by atoms with van der Waals surface area (Å²) in [7, 11) is 0. The summed E-state index contributed by atoms with van der Waals surface area (Å²) in [4.78, 5) is 16.6. The minimum Gasteiger partial charge on any atom is -0.454 e. The number of hydrogen-bond donors (Lipinski definition) is 1. The largest absolute Gasteiger partial charge is 0.454 e. The first-order valence-electron chi connectivity index (χ1n) is 8.40. The molecule has 6 nitrogen and oxygen atoms in total. The molecule has 0 radical (unpaired) electrons. The van der Waals surface area contributed by atoms with Gasteiger partial charge in [-0.25, -0.2) is 0 Å². The van der Waals surface area contributed by atoms with Crippen molar-refractivity contribution >= 4 is 23.2 Å². The molecule has 28 heavy (non-hydrogen) atoms. The van der Waals surface area contributed by atoms with E-state index < -0.39 is 5.91 Å². The highest BCUT2D eigenvalue weighted by Gasteiger charge is 2.16. The van der Waals surface area contributed by atoms with Gasteiger partial charge in [0.25, 0.3) is 5.91 Å². The third-order valence-corrected chi connectivity index (χ3v) is 4.21. The smallest absolute Gasteiger partial charge is 0.277 e. The molecule has 0 bridgehead atoms. The monoisotopic (exact) mass is 391 g/mol. The van der Waals surface area contributed by atoms with Gasteiger partial charge in [-0.05, 0) is 36.4 Å². The number of carbonyl (C=O) groups is 1. The second kappa shape index (κ2) is 7.94. The van der Waals surface area contributed by atoms with Gasteiger partial charge in [0.2, 0.25) is 0 Å². The van der Waals surface area contributed by atoms with Crippen LogP contribution in [0.5, 0.6) is 11.5 Å². The lowest BCUT2D eigenvalue weighted by molar-refractivity contribution is 0.101. The molecule has 0 saturated carbocycles. The van der Waals surface area contributed by atoms with Gasteiger partial charge < -0.3 is 14.6 Å². The van der Waals surface area contributed by atoms with Gasteiger partial charge in [0.1, 0.15) is 5.75 Å². The quantitative estimate of drug-likeness (QED) is 0.490. The third-order valence-electron chi connectivity index (χ3n) is 3.90. The predicted octanol–water partition coefficient (Wildman–Crippen LogP) is 5.43. The molecule has 2 aromatic carbocycles. The molecule has 0 aliphatic carbocycles. The van der Waals surface area contributed by atoms with Gasteiger partial charge in [-0.2, -0.15) is 0 Å². The number of halogens is 1. The number of pyridine rings is 1. The van der Waals surface area contributed by atoms with E-state index in [1.807, 2.05) is 12.1 Å². The van der Waals surface area contributed by atoms with Crippen molar-refractivity contribution in [2.75, 3.05) is 5.32 Å². The molecule has 1 amide bonds. The Bertz CT molecular complexity index is 1110. The fourth-order valence-electron chi connectivity index (χ4n) is 2.53. The number of anilines is 1. The first-order valence-corrected chi connectivity index (χ1v) is 8.78. The van der Waals surface area contributed by atoms with Crippen molar-refractivity contribution in [2.45, 2.75) is 0 Å². The molecule has 0 spiro atoms. The van der Waals surface area contributed by atoms with Crippen LogP contribution < -0.4 is 10.1 Å². The van der Waals surface area contributed by atoms with E-state index in [2.05, 4.69) is 15.5 Å². The van der Waals surface area contributed by atoms with Crippen molar-refractivity contribution in [3.05, 3.63) is 89.8 Å². The number of carbonyl (C=O) groups excluding carboxylic acids is 1. The van der Waals surface area contributed by atoms with Crippen LogP contribution in [0.25, 0.3) is 11.3 Å². The topological polar surface area (TPSA) is 77.2 Å². The lowest BCUT2D eigenvalue weighted by Gasteiger charge is -2.12. The molecule has 0 atom stereocenters. The van der Waals surface area contributed by atoms with E-state index in [1.54, 1.807) is 67.0 Å². The zero-order valence-corrected chi connectivity index (χ0v) is 15.3. The maximum absolute atomic E-state index is 12.6. The maximum Gasteiger partial charge on any atom is 0.277 e. The van der Waals surface area contributed by atoms with Crippen LogP contribution >= 0.6 is 11.6 Å². The molecule has 0 aliphatic heterocycles. The van der Waals surface area contributed by atoms with Gasteiger partial charge in [0, 0.05) is 24.0 Å². The van der Waals surface area contributed by atoms with E-state index in [1.165, 1.54) is 0 Å². The SMILES string of the molecule is O=C(Nc1ccccc1Oc1ccccc1Cl)c1cc(-c2ccncc2)on1. The zero-order valence-electron chi connectivity index (χ0n) is 14.5. The highest BCUT2D eigenvalue weighted by atomic mass is 35.5. The lowest BCUT2D eigenvalue weighted by Crippen LogP contribution is -2.12. The van der Waals surface area contributed by atoms with Crippen LogP contribution in [0.15, 0.2) is 83.6 Å². The zero-order chi connectivity index (χ0) is 19.3. The molecule has 0 unspecified atom stereocenters. The summed E-state index contributed by atoms with van der Waals surface area (Å²) in [6, 6.07) is 19.3. The van der Waals surface area contributed by atoms with Crippen molar-refractivity contribution in [1.82, 2.24) is 10.1 Å². The maximum atomic E-state index is 12.6. The Hall–Kier alpha value is -3.64. The summed E-state index contributed by atoms with van der Waals surface area (Å²) in [5, 5.41) is 7.11. The van der Waals surface area contributed by atoms with Gasteiger partial charge in [0.05, 0.1) is 10.7 Å². The van der Waals surface area contributed by atoms with Gasteiger partial charge in [-0.15, -0.1) is 0 Å². The van der Waals surface area contributed by atoms with Crippen molar-refractivity contribution < 1.29 is 14.1 Å². The summed E-state index contributed by atoms with van der Waals surface area (Å²) in [5.74, 6) is 1.02. The van der Waals surface area contributed by atoms with E-state index in [0.29, 0.717) is 28.0 Å². The van der Waals surface area contributed by atoms with E-state index in [4.69, 9.17) is 20.9 Å². The van der Waals surface area contributed by atoms with Crippen LogP contribution in [-0.4, -0.2) is 16.0 Å². The Balaban J connectivity index is 1.54. The molecule has 1 N–H and O–H groups in total. The van der Waals surface area contributed by atoms with Crippen LogP contribution in [-0.2, 0) is 0 Å². The number of benzene rings is 2. The van der Waals surface area contributed by atoms with Gasteiger partial charge in [-0.3, -0.25) is 9.78 Å². The highest BCUT2D eigenvalue weighted by molar-refractivity contribution is 6.32. The van der Waals surface area contributed by atoms with Gasteiger partial charge in [-0.1, -0.05) is 41.0 Å². The number of amides is 1. The van der Waals surface area contributed by atoms with Gasteiger partial charge >= 0.3 is 0 Å².